The first-order chi connectivity index (χ1) is 11.2. The van der Waals surface area contributed by atoms with E-state index < -0.39 is 5.60 Å². The average Bonchev–Trinajstić information content (AvgIpc) is 2.49. The number of rotatable bonds is 3. The van der Waals surface area contributed by atoms with Crippen LogP contribution in [0, 0.1) is 11.8 Å². The largest absolute Gasteiger partial charge is 0.444 e. The second-order valence-corrected chi connectivity index (χ2v) is 8.13. The topological polar surface area (TPSA) is 41.6 Å². The lowest BCUT2D eigenvalue weighted by Crippen LogP contribution is -2.58. The number of carbonyl (C=O) groups is 1. The minimum Gasteiger partial charge on any atom is -0.444 e. The molecule has 1 heterocycles. The lowest BCUT2D eigenvalue weighted by Gasteiger charge is -2.46. The Hall–Kier alpha value is -1.55. The molecule has 1 aliphatic rings. The fourth-order valence-electron chi connectivity index (χ4n) is 3.39. The van der Waals surface area contributed by atoms with Gasteiger partial charge in [0.05, 0.1) is 0 Å². The van der Waals surface area contributed by atoms with Crippen molar-refractivity contribution in [3.63, 3.8) is 0 Å². The number of carbonyl (C=O) groups excluding carboxylic acids is 1. The first-order valence-corrected chi connectivity index (χ1v) is 8.95. The number of likely N-dealkylation sites (tertiary alicyclic amines) is 1. The number of benzene rings is 1. The van der Waals surface area contributed by atoms with E-state index in [4.69, 9.17) is 4.74 Å². The van der Waals surface area contributed by atoms with E-state index in [1.165, 1.54) is 5.56 Å². The van der Waals surface area contributed by atoms with E-state index in [0.717, 1.165) is 13.1 Å². The highest BCUT2D eigenvalue weighted by molar-refractivity contribution is 5.68. The fraction of sp³-hybridized carbons (Fsp3) is 0.650. The summed E-state index contributed by atoms with van der Waals surface area (Å²) >= 11 is 0. The molecule has 0 radical (unpaired) electrons. The molecule has 1 aromatic carbocycles. The van der Waals surface area contributed by atoms with Crippen LogP contribution in [-0.4, -0.2) is 35.2 Å². The summed E-state index contributed by atoms with van der Waals surface area (Å²) in [5.74, 6) is 0.918. The highest BCUT2D eigenvalue weighted by atomic mass is 16.6. The molecule has 4 atom stereocenters. The standard InChI is InChI=1S/C20H32N2O2/c1-14-15(2)18(21-19(23)24-20(4,5)6)13-22(16(14)3)12-17-10-8-7-9-11-17/h7-11,14-16,18H,12-13H2,1-6H3,(H,21,23)/t14-,15+,16+,18-/m1/s1. The second-order valence-electron chi connectivity index (χ2n) is 8.13. The first kappa shape index (κ1) is 18.8. The summed E-state index contributed by atoms with van der Waals surface area (Å²) in [6, 6.07) is 11.1. The molecule has 1 aromatic rings. The lowest BCUT2D eigenvalue weighted by atomic mass is 9.79. The third kappa shape index (κ3) is 4.97. The van der Waals surface area contributed by atoms with Gasteiger partial charge in [0.15, 0.2) is 0 Å². The lowest BCUT2D eigenvalue weighted by molar-refractivity contribution is 0.0207. The van der Waals surface area contributed by atoms with Crippen molar-refractivity contribution in [2.24, 2.45) is 11.8 Å². The van der Waals surface area contributed by atoms with Gasteiger partial charge in [-0.2, -0.15) is 0 Å². The van der Waals surface area contributed by atoms with Gasteiger partial charge in [-0.25, -0.2) is 4.79 Å². The molecule has 1 amide bonds. The number of hydrogen-bond donors (Lipinski definition) is 1. The number of piperidine rings is 1. The van der Waals surface area contributed by atoms with Crippen molar-refractivity contribution in [2.45, 2.75) is 65.8 Å². The number of alkyl carbamates (subject to hydrolysis) is 1. The minimum absolute atomic E-state index is 0.106. The average molecular weight is 332 g/mol. The van der Waals surface area contributed by atoms with Crippen LogP contribution in [-0.2, 0) is 11.3 Å². The number of nitrogens with one attached hydrogen (secondary N) is 1. The van der Waals surface area contributed by atoms with Crippen LogP contribution < -0.4 is 5.32 Å². The molecule has 0 aliphatic carbocycles. The minimum atomic E-state index is -0.468. The summed E-state index contributed by atoms with van der Waals surface area (Å²) in [5.41, 5.74) is 0.840. The predicted octanol–water partition coefficient (Wildman–Crippen LogP) is 4.06. The molecule has 0 spiro atoms. The zero-order chi connectivity index (χ0) is 17.9. The molecule has 0 aromatic heterocycles. The van der Waals surface area contributed by atoms with Gasteiger partial charge in [-0.1, -0.05) is 44.2 Å². The molecular weight excluding hydrogens is 300 g/mol. The summed E-state index contributed by atoms with van der Waals surface area (Å²) in [6.07, 6.45) is -0.319. The van der Waals surface area contributed by atoms with Crippen molar-refractivity contribution in [3.8, 4) is 0 Å². The van der Waals surface area contributed by atoms with Crippen LogP contribution >= 0.6 is 0 Å². The number of amides is 1. The highest BCUT2D eigenvalue weighted by Crippen LogP contribution is 2.30. The Morgan fingerprint density at radius 2 is 1.79 bits per heavy atom. The summed E-state index contributed by atoms with van der Waals surface area (Å²) in [4.78, 5) is 14.6. The van der Waals surface area contributed by atoms with Crippen LogP contribution in [0.1, 0.15) is 47.1 Å². The van der Waals surface area contributed by atoms with E-state index in [0.29, 0.717) is 17.9 Å². The van der Waals surface area contributed by atoms with Gasteiger partial charge in [0, 0.05) is 25.2 Å². The maximum absolute atomic E-state index is 12.2. The van der Waals surface area contributed by atoms with Crippen molar-refractivity contribution in [1.82, 2.24) is 10.2 Å². The molecule has 1 saturated heterocycles. The van der Waals surface area contributed by atoms with E-state index in [-0.39, 0.29) is 12.1 Å². The number of ether oxygens (including phenoxy) is 1. The van der Waals surface area contributed by atoms with Crippen LogP contribution in [0.2, 0.25) is 0 Å². The molecular formula is C20H32N2O2. The molecule has 1 fully saturated rings. The van der Waals surface area contributed by atoms with Gasteiger partial charge in [-0.05, 0) is 45.1 Å². The second kappa shape index (κ2) is 7.56. The maximum Gasteiger partial charge on any atom is 0.407 e. The van der Waals surface area contributed by atoms with Gasteiger partial charge in [-0.3, -0.25) is 4.90 Å². The van der Waals surface area contributed by atoms with Crippen LogP contribution in [0.3, 0.4) is 0 Å². The first-order valence-electron chi connectivity index (χ1n) is 8.95. The molecule has 134 valence electrons. The third-order valence-corrected chi connectivity index (χ3v) is 5.16. The summed E-state index contributed by atoms with van der Waals surface area (Å²) < 4.78 is 5.44. The SMILES string of the molecule is C[C@@H]1[C@H](C)[C@H](NC(=O)OC(C)(C)C)CN(Cc2ccccc2)[C@H]1C. The van der Waals surface area contributed by atoms with E-state index in [9.17, 15) is 4.79 Å². The molecule has 0 saturated carbocycles. The van der Waals surface area contributed by atoms with Crippen molar-refractivity contribution in [1.29, 1.82) is 0 Å². The molecule has 0 bridgehead atoms. The van der Waals surface area contributed by atoms with Gasteiger partial charge < -0.3 is 10.1 Å². The summed E-state index contributed by atoms with van der Waals surface area (Å²) in [6.45, 7) is 14.2. The van der Waals surface area contributed by atoms with Crippen LogP contribution in [0.5, 0.6) is 0 Å². The molecule has 0 unspecified atom stereocenters. The Balaban J connectivity index is 2.04. The molecule has 1 aliphatic heterocycles. The van der Waals surface area contributed by atoms with Gasteiger partial charge in [0.2, 0.25) is 0 Å². The van der Waals surface area contributed by atoms with Crippen molar-refractivity contribution < 1.29 is 9.53 Å². The fourth-order valence-corrected chi connectivity index (χ4v) is 3.39. The van der Waals surface area contributed by atoms with Gasteiger partial charge in [-0.15, -0.1) is 0 Å². The van der Waals surface area contributed by atoms with E-state index in [2.05, 4.69) is 55.3 Å². The molecule has 2 rings (SSSR count). The summed E-state index contributed by atoms with van der Waals surface area (Å²) in [7, 11) is 0. The highest BCUT2D eigenvalue weighted by Gasteiger charge is 2.37. The van der Waals surface area contributed by atoms with Gasteiger partial charge in [0.25, 0.3) is 0 Å². The van der Waals surface area contributed by atoms with Gasteiger partial charge >= 0.3 is 6.09 Å². The Labute approximate surface area is 146 Å². The van der Waals surface area contributed by atoms with Crippen LogP contribution in [0.4, 0.5) is 4.79 Å². The van der Waals surface area contributed by atoms with Crippen LogP contribution in [0.25, 0.3) is 0 Å². The van der Waals surface area contributed by atoms with E-state index in [1.54, 1.807) is 0 Å². The molecule has 4 nitrogen and oxygen atoms in total. The van der Waals surface area contributed by atoms with E-state index >= 15 is 0 Å². The molecule has 24 heavy (non-hydrogen) atoms. The smallest absolute Gasteiger partial charge is 0.407 e. The quantitative estimate of drug-likeness (QED) is 0.907. The van der Waals surface area contributed by atoms with Crippen molar-refractivity contribution in [2.75, 3.05) is 6.54 Å². The normalized spacial score (nSPS) is 28.4. The Kier molecular flexibility index (Phi) is 5.92. The van der Waals surface area contributed by atoms with Crippen LogP contribution in [0.15, 0.2) is 30.3 Å². The monoisotopic (exact) mass is 332 g/mol. The molecule has 4 heteroatoms. The van der Waals surface area contributed by atoms with Gasteiger partial charge in [0.1, 0.15) is 5.60 Å². The zero-order valence-corrected chi connectivity index (χ0v) is 15.9. The number of hydrogen-bond acceptors (Lipinski definition) is 3. The Bertz CT molecular complexity index is 538. The predicted molar refractivity (Wildman–Crippen MR) is 97.8 cm³/mol. The van der Waals surface area contributed by atoms with Crippen molar-refractivity contribution in [3.05, 3.63) is 35.9 Å². The Morgan fingerprint density at radius 3 is 2.38 bits per heavy atom. The number of nitrogens with zero attached hydrogens (tertiary/aromatic N) is 1. The zero-order valence-electron chi connectivity index (χ0n) is 15.9. The Morgan fingerprint density at radius 1 is 1.17 bits per heavy atom. The van der Waals surface area contributed by atoms with E-state index in [1.807, 2.05) is 26.8 Å². The maximum atomic E-state index is 12.2. The molecule has 1 N–H and O–H groups in total. The third-order valence-electron chi connectivity index (χ3n) is 5.16. The van der Waals surface area contributed by atoms with Crippen molar-refractivity contribution >= 4 is 6.09 Å². The summed E-state index contributed by atoms with van der Waals surface area (Å²) in [5, 5.41) is 3.09.